The van der Waals surface area contributed by atoms with Crippen molar-refractivity contribution in [2.45, 2.75) is 25.7 Å². The summed E-state index contributed by atoms with van der Waals surface area (Å²) in [5.41, 5.74) is 0. The van der Waals surface area contributed by atoms with Crippen molar-refractivity contribution in [2.24, 2.45) is 11.8 Å². The van der Waals surface area contributed by atoms with Gasteiger partial charge in [-0.25, -0.2) is 0 Å². The van der Waals surface area contributed by atoms with Crippen molar-refractivity contribution >= 4 is 11.8 Å². The number of carbonyl (C=O) groups excluding carboxylic acids is 2. The summed E-state index contributed by atoms with van der Waals surface area (Å²) >= 11 is 0. The van der Waals surface area contributed by atoms with Gasteiger partial charge in [0, 0.05) is 25.2 Å². The second kappa shape index (κ2) is 2.88. The van der Waals surface area contributed by atoms with Gasteiger partial charge < -0.3 is 4.74 Å². The molecule has 0 aromatic carbocycles. The predicted octanol–water partition coefficient (Wildman–Crippen LogP) is 0.919. The molecule has 1 saturated heterocycles. The van der Waals surface area contributed by atoms with Crippen molar-refractivity contribution in [3.05, 3.63) is 0 Å². The monoisotopic (exact) mass is 168 g/mol. The van der Waals surface area contributed by atoms with E-state index in [1.807, 2.05) is 0 Å². The van der Waals surface area contributed by atoms with Crippen LogP contribution in [0.25, 0.3) is 0 Å². The quantitative estimate of drug-likeness (QED) is 0.505. The molecule has 1 aliphatic heterocycles. The molecule has 2 atom stereocenters. The Bertz CT molecular complexity index is 220. The Morgan fingerprint density at radius 1 is 1.08 bits per heavy atom. The Balaban J connectivity index is 2.10. The first-order valence-corrected chi connectivity index (χ1v) is 4.41. The van der Waals surface area contributed by atoms with Crippen molar-refractivity contribution in [3.8, 4) is 0 Å². The van der Waals surface area contributed by atoms with E-state index in [9.17, 15) is 9.59 Å². The fourth-order valence-corrected chi connectivity index (χ4v) is 2.15. The van der Waals surface area contributed by atoms with Gasteiger partial charge in [0.05, 0.1) is 6.61 Å². The maximum absolute atomic E-state index is 11.2. The number of ether oxygens (including phenoxy) is 1. The van der Waals surface area contributed by atoms with E-state index >= 15 is 0 Å². The molecule has 0 aromatic heterocycles. The second-order valence-corrected chi connectivity index (χ2v) is 3.80. The third-order valence-corrected chi connectivity index (χ3v) is 2.63. The average molecular weight is 168 g/mol. The lowest BCUT2D eigenvalue weighted by Gasteiger charge is -2.22. The summed E-state index contributed by atoms with van der Waals surface area (Å²) < 4.78 is 4.97. The molecule has 2 fully saturated rings. The Labute approximate surface area is 71.1 Å². The molecule has 0 radical (unpaired) electrons. The lowest BCUT2D eigenvalue weighted by Crippen LogP contribution is -2.22. The molecule has 66 valence electrons. The van der Waals surface area contributed by atoms with Crippen LogP contribution in [0.4, 0.5) is 0 Å². The second-order valence-electron chi connectivity index (χ2n) is 3.80. The van der Waals surface area contributed by atoms with Crippen LogP contribution in [0.2, 0.25) is 0 Å². The van der Waals surface area contributed by atoms with Gasteiger partial charge in [-0.15, -0.1) is 0 Å². The van der Waals surface area contributed by atoms with Crippen molar-refractivity contribution in [2.75, 3.05) is 6.61 Å². The Kier molecular flexibility index (Phi) is 1.87. The number of esters is 1. The van der Waals surface area contributed by atoms with E-state index < -0.39 is 0 Å². The zero-order valence-corrected chi connectivity index (χ0v) is 6.91. The van der Waals surface area contributed by atoms with Crippen LogP contribution in [0.5, 0.6) is 0 Å². The molecule has 12 heavy (non-hydrogen) atoms. The number of ketones is 1. The molecule has 2 rings (SSSR count). The number of hydrogen-bond acceptors (Lipinski definition) is 3. The van der Waals surface area contributed by atoms with E-state index in [-0.39, 0.29) is 11.9 Å². The van der Waals surface area contributed by atoms with Crippen LogP contribution in [0.3, 0.4) is 0 Å². The summed E-state index contributed by atoms with van der Waals surface area (Å²) in [7, 11) is 0. The first-order valence-electron chi connectivity index (χ1n) is 4.41. The standard InChI is InChI=1S/C9H12O3/c10-8-2-6-1-7(3-8)5-12-9(11)4-6/h6-7H,1-5H2/t6-,7+/m0/s1. The van der Waals surface area contributed by atoms with Gasteiger partial charge in [0.15, 0.2) is 0 Å². The molecule has 1 aliphatic carbocycles. The molecule has 3 heteroatoms. The number of fused-ring (bicyclic) bond motifs is 2. The number of rotatable bonds is 0. The lowest BCUT2D eigenvalue weighted by atomic mass is 9.80. The van der Waals surface area contributed by atoms with E-state index in [2.05, 4.69) is 0 Å². The number of cyclic esters (lactones) is 1. The Morgan fingerprint density at radius 2 is 1.83 bits per heavy atom. The van der Waals surface area contributed by atoms with E-state index in [0.717, 1.165) is 6.42 Å². The zero-order chi connectivity index (χ0) is 8.55. The zero-order valence-electron chi connectivity index (χ0n) is 6.91. The van der Waals surface area contributed by atoms with Crippen molar-refractivity contribution in [1.82, 2.24) is 0 Å². The van der Waals surface area contributed by atoms with Crippen molar-refractivity contribution < 1.29 is 14.3 Å². The molecule has 0 N–H and O–H groups in total. The van der Waals surface area contributed by atoms with Crippen LogP contribution in [0, 0.1) is 11.8 Å². The molecule has 3 nitrogen and oxygen atoms in total. The van der Waals surface area contributed by atoms with Gasteiger partial charge in [0.1, 0.15) is 5.78 Å². The molecule has 1 heterocycles. The highest BCUT2D eigenvalue weighted by Gasteiger charge is 2.32. The molecule has 0 aromatic rings. The summed E-state index contributed by atoms with van der Waals surface area (Å²) in [5, 5.41) is 0. The Hall–Kier alpha value is -0.860. The van der Waals surface area contributed by atoms with E-state index in [1.54, 1.807) is 0 Å². The van der Waals surface area contributed by atoms with E-state index in [4.69, 9.17) is 4.74 Å². The summed E-state index contributed by atoms with van der Waals surface area (Å²) in [4.78, 5) is 22.2. The third-order valence-electron chi connectivity index (χ3n) is 2.63. The van der Waals surface area contributed by atoms with Gasteiger partial charge in [-0.1, -0.05) is 0 Å². The van der Waals surface area contributed by atoms with Gasteiger partial charge in [0.2, 0.25) is 0 Å². The maximum atomic E-state index is 11.2. The van der Waals surface area contributed by atoms with Crippen LogP contribution in [0.15, 0.2) is 0 Å². The van der Waals surface area contributed by atoms with Crippen LogP contribution in [-0.4, -0.2) is 18.4 Å². The SMILES string of the molecule is O=C1C[C@@H]2COC(=O)C[C@H](C1)C2. The van der Waals surface area contributed by atoms with Gasteiger partial charge in [-0.3, -0.25) is 9.59 Å². The third kappa shape index (κ3) is 1.49. The molecule has 0 unspecified atom stereocenters. The summed E-state index contributed by atoms with van der Waals surface area (Å²) in [5.74, 6) is 0.751. The molecule has 2 bridgehead atoms. The lowest BCUT2D eigenvalue weighted by molar-refractivity contribution is -0.144. The van der Waals surface area contributed by atoms with E-state index in [0.29, 0.717) is 37.6 Å². The average Bonchev–Trinajstić information content (AvgIpc) is 2.10. The summed E-state index contributed by atoms with van der Waals surface area (Å²) in [6.45, 7) is 0.459. The van der Waals surface area contributed by atoms with Crippen LogP contribution in [-0.2, 0) is 14.3 Å². The van der Waals surface area contributed by atoms with Gasteiger partial charge in [-0.2, -0.15) is 0 Å². The first-order chi connectivity index (χ1) is 5.74. The minimum Gasteiger partial charge on any atom is -0.465 e. The minimum atomic E-state index is -0.128. The number of carbonyl (C=O) groups is 2. The predicted molar refractivity (Wildman–Crippen MR) is 41.4 cm³/mol. The molecule has 0 amide bonds. The smallest absolute Gasteiger partial charge is 0.306 e. The summed E-state index contributed by atoms with van der Waals surface area (Å²) in [6, 6.07) is 0. The van der Waals surface area contributed by atoms with E-state index in [1.165, 1.54) is 0 Å². The molecular formula is C9H12O3. The largest absolute Gasteiger partial charge is 0.465 e. The number of hydrogen-bond donors (Lipinski definition) is 0. The van der Waals surface area contributed by atoms with Gasteiger partial charge >= 0.3 is 5.97 Å². The molecular weight excluding hydrogens is 156 g/mol. The van der Waals surface area contributed by atoms with Crippen LogP contribution < -0.4 is 0 Å². The first kappa shape index (κ1) is 7.77. The highest BCUT2D eigenvalue weighted by Crippen LogP contribution is 2.31. The Morgan fingerprint density at radius 3 is 2.67 bits per heavy atom. The van der Waals surface area contributed by atoms with Crippen molar-refractivity contribution in [3.63, 3.8) is 0 Å². The number of Topliss-reactive ketones (excluding diaryl/α,β-unsaturated/α-hetero) is 1. The topological polar surface area (TPSA) is 43.4 Å². The fourth-order valence-electron chi connectivity index (χ4n) is 2.15. The molecule has 2 aliphatic rings. The molecule has 1 saturated carbocycles. The highest BCUT2D eigenvalue weighted by molar-refractivity contribution is 5.81. The summed E-state index contributed by atoms with van der Waals surface area (Å²) in [6.07, 6.45) is 2.65. The van der Waals surface area contributed by atoms with Gasteiger partial charge in [0.25, 0.3) is 0 Å². The minimum absolute atomic E-state index is 0.128. The van der Waals surface area contributed by atoms with Crippen LogP contribution in [0.1, 0.15) is 25.7 Å². The molecule has 0 spiro atoms. The van der Waals surface area contributed by atoms with Crippen LogP contribution >= 0.6 is 0 Å². The maximum Gasteiger partial charge on any atom is 0.306 e. The van der Waals surface area contributed by atoms with Gasteiger partial charge in [-0.05, 0) is 12.3 Å². The van der Waals surface area contributed by atoms with Crippen molar-refractivity contribution in [1.29, 1.82) is 0 Å². The fraction of sp³-hybridized carbons (Fsp3) is 0.778. The normalized spacial score (nSPS) is 35.7. The highest BCUT2D eigenvalue weighted by atomic mass is 16.5.